The lowest BCUT2D eigenvalue weighted by molar-refractivity contribution is 0.602. The fourth-order valence-electron chi connectivity index (χ4n) is 1.48. The highest BCUT2D eigenvalue weighted by Crippen LogP contribution is 2.18. The summed E-state index contributed by atoms with van der Waals surface area (Å²) in [4.78, 5) is 0. The third-order valence-electron chi connectivity index (χ3n) is 2.28. The van der Waals surface area contributed by atoms with Crippen molar-refractivity contribution in [1.82, 2.24) is 5.32 Å². The van der Waals surface area contributed by atoms with Crippen LogP contribution in [0.15, 0.2) is 24.3 Å². The van der Waals surface area contributed by atoms with Crippen molar-refractivity contribution < 1.29 is 4.39 Å². The molecule has 1 aromatic rings. The summed E-state index contributed by atoms with van der Waals surface area (Å²) >= 11 is 0. The van der Waals surface area contributed by atoms with E-state index in [2.05, 4.69) is 12.2 Å². The Labute approximate surface area is 79.0 Å². The zero-order valence-corrected chi connectivity index (χ0v) is 8.18. The lowest BCUT2D eigenvalue weighted by Gasteiger charge is -2.14. The van der Waals surface area contributed by atoms with Crippen molar-refractivity contribution in [2.45, 2.75) is 19.3 Å². The molecule has 0 aromatic heterocycles. The maximum absolute atomic E-state index is 12.6. The maximum Gasteiger partial charge on any atom is 0.123 e. The smallest absolute Gasteiger partial charge is 0.123 e. The van der Waals surface area contributed by atoms with E-state index in [1.807, 2.05) is 19.2 Å². The molecule has 0 heterocycles. The van der Waals surface area contributed by atoms with Crippen LogP contribution in [0.2, 0.25) is 0 Å². The van der Waals surface area contributed by atoms with E-state index in [0.717, 1.165) is 13.0 Å². The van der Waals surface area contributed by atoms with Crippen molar-refractivity contribution in [2.75, 3.05) is 13.6 Å². The molecule has 1 aromatic carbocycles. The quantitative estimate of drug-likeness (QED) is 0.752. The monoisotopic (exact) mass is 181 g/mol. The molecule has 0 aliphatic rings. The van der Waals surface area contributed by atoms with Gasteiger partial charge in [-0.2, -0.15) is 0 Å². The molecule has 0 spiro atoms. The van der Waals surface area contributed by atoms with Gasteiger partial charge in [-0.3, -0.25) is 0 Å². The summed E-state index contributed by atoms with van der Waals surface area (Å²) < 4.78 is 12.6. The second-order valence-corrected chi connectivity index (χ2v) is 3.21. The fraction of sp³-hybridized carbons (Fsp3) is 0.455. The largest absolute Gasteiger partial charge is 0.319 e. The highest BCUT2D eigenvalue weighted by Gasteiger charge is 2.07. The van der Waals surface area contributed by atoms with Crippen LogP contribution in [-0.2, 0) is 0 Å². The minimum atomic E-state index is -0.164. The van der Waals surface area contributed by atoms with Gasteiger partial charge in [0.05, 0.1) is 0 Å². The molecular weight excluding hydrogens is 165 g/mol. The van der Waals surface area contributed by atoms with Gasteiger partial charge in [0, 0.05) is 6.54 Å². The highest BCUT2D eigenvalue weighted by atomic mass is 19.1. The van der Waals surface area contributed by atoms with E-state index in [9.17, 15) is 4.39 Å². The van der Waals surface area contributed by atoms with Gasteiger partial charge in [0.15, 0.2) is 0 Å². The molecule has 0 saturated carbocycles. The Morgan fingerprint density at radius 2 is 1.92 bits per heavy atom. The summed E-state index contributed by atoms with van der Waals surface area (Å²) in [6, 6.07) is 6.77. The summed E-state index contributed by atoms with van der Waals surface area (Å²) in [6.45, 7) is 3.09. The van der Waals surface area contributed by atoms with Crippen molar-refractivity contribution in [3.05, 3.63) is 35.6 Å². The van der Waals surface area contributed by atoms with Gasteiger partial charge in [-0.25, -0.2) is 4.39 Å². The normalized spacial score (nSPS) is 12.8. The van der Waals surface area contributed by atoms with Crippen LogP contribution in [0, 0.1) is 5.82 Å². The highest BCUT2D eigenvalue weighted by molar-refractivity contribution is 5.20. The summed E-state index contributed by atoms with van der Waals surface area (Å²) in [5.41, 5.74) is 1.21. The fourth-order valence-corrected chi connectivity index (χ4v) is 1.48. The second kappa shape index (κ2) is 4.97. The van der Waals surface area contributed by atoms with E-state index in [-0.39, 0.29) is 5.82 Å². The molecule has 1 rings (SSSR count). The Kier molecular flexibility index (Phi) is 3.90. The molecule has 0 bridgehead atoms. The Bertz CT molecular complexity index is 243. The summed E-state index contributed by atoms with van der Waals surface area (Å²) in [5.74, 6) is 0.327. The summed E-state index contributed by atoms with van der Waals surface area (Å²) in [6.07, 6.45) is 1.08. The molecule has 0 radical (unpaired) electrons. The average molecular weight is 181 g/mol. The van der Waals surface area contributed by atoms with E-state index in [0.29, 0.717) is 5.92 Å². The van der Waals surface area contributed by atoms with Gasteiger partial charge in [0.2, 0.25) is 0 Å². The van der Waals surface area contributed by atoms with E-state index in [1.54, 1.807) is 0 Å². The van der Waals surface area contributed by atoms with Crippen LogP contribution in [0.5, 0.6) is 0 Å². The van der Waals surface area contributed by atoms with Gasteiger partial charge in [0.25, 0.3) is 0 Å². The van der Waals surface area contributed by atoms with Crippen molar-refractivity contribution in [1.29, 1.82) is 0 Å². The van der Waals surface area contributed by atoms with Crippen LogP contribution < -0.4 is 5.32 Å². The Hall–Kier alpha value is -0.890. The molecular formula is C11H16FN. The van der Waals surface area contributed by atoms with E-state index < -0.39 is 0 Å². The van der Waals surface area contributed by atoms with Gasteiger partial charge in [0.1, 0.15) is 5.82 Å². The van der Waals surface area contributed by atoms with Crippen molar-refractivity contribution in [3.63, 3.8) is 0 Å². The van der Waals surface area contributed by atoms with Crippen LogP contribution in [0.25, 0.3) is 0 Å². The zero-order valence-electron chi connectivity index (χ0n) is 8.18. The van der Waals surface area contributed by atoms with Gasteiger partial charge < -0.3 is 5.32 Å². The molecule has 0 aliphatic heterocycles. The number of hydrogen-bond donors (Lipinski definition) is 1. The van der Waals surface area contributed by atoms with Gasteiger partial charge in [-0.05, 0) is 37.1 Å². The first-order valence-corrected chi connectivity index (χ1v) is 4.68. The van der Waals surface area contributed by atoms with E-state index in [1.165, 1.54) is 17.7 Å². The Balaban J connectivity index is 2.73. The van der Waals surface area contributed by atoms with Crippen LogP contribution in [0.1, 0.15) is 24.8 Å². The molecule has 1 N–H and O–H groups in total. The predicted octanol–water partition coefficient (Wildman–Crippen LogP) is 2.54. The molecule has 0 aliphatic carbocycles. The van der Waals surface area contributed by atoms with Crippen LogP contribution in [-0.4, -0.2) is 13.6 Å². The van der Waals surface area contributed by atoms with E-state index >= 15 is 0 Å². The summed E-state index contributed by atoms with van der Waals surface area (Å²) in [7, 11) is 1.94. The van der Waals surface area contributed by atoms with Crippen molar-refractivity contribution in [2.24, 2.45) is 0 Å². The minimum absolute atomic E-state index is 0.164. The molecule has 1 unspecified atom stereocenters. The third kappa shape index (κ3) is 2.81. The van der Waals surface area contributed by atoms with Crippen molar-refractivity contribution in [3.8, 4) is 0 Å². The Morgan fingerprint density at radius 1 is 1.31 bits per heavy atom. The average Bonchev–Trinajstić information content (AvgIpc) is 2.16. The number of nitrogens with one attached hydrogen (secondary N) is 1. The molecule has 1 nitrogen and oxygen atoms in total. The molecule has 72 valence electrons. The number of hydrogen-bond acceptors (Lipinski definition) is 1. The molecule has 2 heteroatoms. The number of benzene rings is 1. The topological polar surface area (TPSA) is 12.0 Å². The number of rotatable bonds is 4. The molecule has 0 saturated heterocycles. The first-order valence-electron chi connectivity index (χ1n) is 4.68. The van der Waals surface area contributed by atoms with Gasteiger partial charge >= 0.3 is 0 Å². The third-order valence-corrected chi connectivity index (χ3v) is 2.28. The first-order chi connectivity index (χ1) is 6.27. The summed E-state index contributed by atoms with van der Waals surface area (Å²) in [5, 5.41) is 3.14. The van der Waals surface area contributed by atoms with Gasteiger partial charge in [-0.1, -0.05) is 19.1 Å². The zero-order chi connectivity index (χ0) is 9.68. The molecule has 0 amide bonds. The maximum atomic E-state index is 12.6. The number of halogens is 1. The molecule has 1 atom stereocenters. The van der Waals surface area contributed by atoms with Gasteiger partial charge in [-0.15, -0.1) is 0 Å². The second-order valence-electron chi connectivity index (χ2n) is 3.21. The van der Waals surface area contributed by atoms with Crippen LogP contribution in [0.4, 0.5) is 4.39 Å². The SMILES string of the molecule is CCC(CNC)c1ccc(F)cc1. The van der Waals surface area contributed by atoms with Crippen molar-refractivity contribution >= 4 is 0 Å². The lowest BCUT2D eigenvalue weighted by Crippen LogP contribution is -2.16. The van der Waals surface area contributed by atoms with E-state index in [4.69, 9.17) is 0 Å². The Morgan fingerprint density at radius 3 is 2.38 bits per heavy atom. The van der Waals surface area contributed by atoms with Crippen LogP contribution in [0.3, 0.4) is 0 Å². The first kappa shape index (κ1) is 10.2. The number of likely N-dealkylation sites (N-methyl/N-ethyl adjacent to an activating group) is 1. The standard InChI is InChI=1S/C11H16FN/c1-3-9(8-13-2)10-4-6-11(12)7-5-10/h4-7,9,13H,3,8H2,1-2H3. The molecule has 0 fully saturated rings. The lowest BCUT2D eigenvalue weighted by atomic mass is 9.96. The predicted molar refractivity (Wildman–Crippen MR) is 53.4 cm³/mol. The minimum Gasteiger partial charge on any atom is -0.319 e. The molecule has 13 heavy (non-hydrogen) atoms. The van der Waals surface area contributed by atoms with Crippen LogP contribution >= 0.6 is 0 Å².